The number of benzene rings is 3. The Hall–Kier alpha value is -1.85. The molecule has 3 aromatic rings. The van der Waals surface area contributed by atoms with Gasteiger partial charge in [-0.3, -0.25) is 0 Å². The molecule has 0 amide bonds. The molecule has 0 aliphatic heterocycles. The summed E-state index contributed by atoms with van der Waals surface area (Å²) in [5.74, 6) is 0. The first kappa shape index (κ1) is 20.1. The fraction of sp³-hybridized carbons (Fsp3) is 0.429. The fourth-order valence-corrected chi connectivity index (χ4v) is 10.5. The molecule has 0 spiro atoms. The van der Waals surface area contributed by atoms with Crippen LogP contribution in [-0.2, 0) is 4.57 Å². The minimum Gasteiger partial charge on any atom is -0.318 e. The summed E-state index contributed by atoms with van der Waals surface area (Å²) in [4.78, 5) is 0. The number of hydrogen-bond donors (Lipinski definition) is 0. The van der Waals surface area contributed by atoms with E-state index in [4.69, 9.17) is 0 Å². The van der Waals surface area contributed by atoms with Crippen LogP contribution in [0.4, 0.5) is 0 Å². The number of rotatable bonds is 4. The predicted octanol–water partition coefficient (Wildman–Crippen LogP) is 8.16. The Morgan fingerprint density at radius 1 is 0.600 bits per heavy atom. The normalized spacial score (nSPS) is 19.2. The van der Waals surface area contributed by atoms with Gasteiger partial charge in [0.05, 0.1) is 0 Å². The van der Waals surface area contributed by atoms with Crippen molar-refractivity contribution in [2.24, 2.45) is 0 Å². The lowest BCUT2D eigenvalue weighted by atomic mass is 9.99. The van der Waals surface area contributed by atoms with Gasteiger partial charge in [0, 0.05) is 16.6 Å². The Labute approximate surface area is 181 Å². The molecule has 2 saturated carbocycles. The molecule has 1 nitrogen and oxygen atoms in total. The van der Waals surface area contributed by atoms with Crippen LogP contribution >= 0.6 is 7.14 Å². The average Bonchev–Trinajstić information content (AvgIpc) is 2.84. The largest absolute Gasteiger partial charge is 0.318 e. The van der Waals surface area contributed by atoms with Crippen LogP contribution < -0.4 is 5.30 Å². The lowest BCUT2D eigenvalue weighted by Crippen LogP contribution is -2.30. The smallest absolute Gasteiger partial charge is 0.122 e. The second-order valence-corrected chi connectivity index (χ2v) is 12.7. The van der Waals surface area contributed by atoms with Crippen molar-refractivity contribution in [2.45, 2.75) is 75.5 Å². The van der Waals surface area contributed by atoms with Crippen LogP contribution in [0.2, 0.25) is 0 Å². The molecule has 5 rings (SSSR count). The molecule has 0 unspecified atom stereocenters. The van der Waals surface area contributed by atoms with Crippen LogP contribution in [0.15, 0.2) is 66.7 Å². The van der Waals surface area contributed by atoms with Gasteiger partial charge < -0.3 is 4.57 Å². The molecular formula is C28H33OP. The topological polar surface area (TPSA) is 17.1 Å². The van der Waals surface area contributed by atoms with Crippen molar-refractivity contribution in [1.82, 2.24) is 0 Å². The van der Waals surface area contributed by atoms with E-state index in [1.165, 1.54) is 65.7 Å². The SMILES string of the molecule is O=P(c1ccccc1-c1ccc2ccccc2c1)(C1CCCCC1)C1CCCCC1. The van der Waals surface area contributed by atoms with Crippen molar-refractivity contribution in [1.29, 1.82) is 0 Å². The first-order valence-corrected chi connectivity index (χ1v) is 13.8. The van der Waals surface area contributed by atoms with Crippen molar-refractivity contribution in [3.05, 3.63) is 66.7 Å². The second kappa shape index (κ2) is 8.72. The van der Waals surface area contributed by atoms with Crippen molar-refractivity contribution in [2.75, 3.05) is 0 Å². The van der Waals surface area contributed by atoms with Gasteiger partial charge in [-0.15, -0.1) is 0 Å². The fourth-order valence-electron chi connectivity index (χ4n) is 6.00. The standard InChI is InChI=1S/C28H33OP/c29-30(25-13-3-1-4-14-25,26-15-5-2-6-16-26)28-18-10-9-17-27(28)24-20-19-22-11-7-8-12-23(22)21-24/h7-12,17-21,25-26H,1-6,13-16H2. The Morgan fingerprint density at radius 3 is 1.83 bits per heavy atom. The molecule has 0 N–H and O–H groups in total. The molecule has 0 saturated heterocycles. The van der Waals surface area contributed by atoms with Gasteiger partial charge in [0.15, 0.2) is 0 Å². The van der Waals surface area contributed by atoms with Crippen LogP contribution in [-0.4, -0.2) is 11.3 Å². The van der Waals surface area contributed by atoms with E-state index >= 15 is 4.57 Å². The molecule has 0 heterocycles. The van der Waals surface area contributed by atoms with Gasteiger partial charge in [-0.25, -0.2) is 0 Å². The maximum absolute atomic E-state index is 15.2. The Kier molecular flexibility index (Phi) is 5.83. The summed E-state index contributed by atoms with van der Waals surface area (Å²) in [6.07, 6.45) is 12.2. The zero-order chi connectivity index (χ0) is 20.4. The van der Waals surface area contributed by atoms with Crippen molar-refractivity contribution in [3.63, 3.8) is 0 Å². The van der Waals surface area contributed by atoms with E-state index in [2.05, 4.69) is 66.7 Å². The monoisotopic (exact) mass is 416 g/mol. The van der Waals surface area contributed by atoms with Gasteiger partial charge in [0.25, 0.3) is 0 Å². The quantitative estimate of drug-likeness (QED) is 0.392. The van der Waals surface area contributed by atoms with Crippen LogP contribution in [0, 0.1) is 0 Å². The molecule has 0 aromatic heterocycles. The van der Waals surface area contributed by atoms with Crippen molar-refractivity contribution in [3.8, 4) is 11.1 Å². The third-order valence-electron chi connectivity index (χ3n) is 7.58. The lowest BCUT2D eigenvalue weighted by Gasteiger charge is -2.39. The Morgan fingerprint density at radius 2 is 1.17 bits per heavy atom. The molecule has 2 aliphatic carbocycles. The first-order chi connectivity index (χ1) is 14.8. The molecule has 0 radical (unpaired) electrons. The third-order valence-corrected chi connectivity index (χ3v) is 11.9. The summed E-state index contributed by atoms with van der Waals surface area (Å²) in [5.41, 5.74) is 3.20. The molecule has 30 heavy (non-hydrogen) atoms. The van der Waals surface area contributed by atoms with Gasteiger partial charge in [-0.05, 0) is 53.6 Å². The maximum atomic E-state index is 15.2. The minimum atomic E-state index is -2.49. The van der Waals surface area contributed by atoms with E-state index in [0.29, 0.717) is 11.3 Å². The molecule has 2 heteroatoms. The molecule has 2 fully saturated rings. The predicted molar refractivity (Wildman–Crippen MR) is 130 cm³/mol. The van der Waals surface area contributed by atoms with Gasteiger partial charge in [-0.1, -0.05) is 99.2 Å². The highest BCUT2D eigenvalue weighted by Crippen LogP contribution is 2.62. The van der Waals surface area contributed by atoms with Gasteiger partial charge in [-0.2, -0.15) is 0 Å². The van der Waals surface area contributed by atoms with Crippen molar-refractivity contribution >= 4 is 23.2 Å². The molecule has 156 valence electrons. The summed E-state index contributed by atoms with van der Waals surface area (Å²) in [6, 6.07) is 24.0. The number of hydrogen-bond acceptors (Lipinski definition) is 1. The second-order valence-electron chi connectivity index (χ2n) is 9.37. The highest BCUT2D eigenvalue weighted by molar-refractivity contribution is 7.73. The van der Waals surface area contributed by atoms with Crippen LogP contribution in [0.5, 0.6) is 0 Å². The highest BCUT2D eigenvalue weighted by atomic mass is 31.2. The first-order valence-electron chi connectivity index (χ1n) is 11.9. The molecular weight excluding hydrogens is 383 g/mol. The van der Waals surface area contributed by atoms with Gasteiger partial charge in [0.2, 0.25) is 0 Å². The Balaban J connectivity index is 1.65. The maximum Gasteiger partial charge on any atom is 0.122 e. The van der Waals surface area contributed by atoms with Crippen LogP contribution in [0.3, 0.4) is 0 Å². The van der Waals surface area contributed by atoms with Crippen molar-refractivity contribution < 1.29 is 4.57 Å². The molecule has 0 atom stereocenters. The van der Waals surface area contributed by atoms with Gasteiger partial charge >= 0.3 is 0 Å². The van der Waals surface area contributed by atoms with E-state index in [-0.39, 0.29) is 0 Å². The summed E-state index contributed by atoms with van der Waals surface area (Å²) < 4.78 is 15.2. The van der Waals surface area contributed by atoms with Crippen LogP contribution in [0.1, 0.15) is 64.2 Å². The summed E-state index contributed by atoms with van der Waals surface area (Å²) >= 11 is 0. The number of fused-ring (bicyclic) bond motifs is 1. The Bertz CT molecular complexity index is 1030. The van der Waals surface area contributed by atoms with Crippen LogP contribution in [0.25, 0.3) is 21.9 Å². The van der Waals surface area contributed by atoms with E-state index in [1.54, 1.807) is 0 Å². The summed E-state index contributed by atoms with van der Waals surface area (Å²) in [7, 11) is -2.49. The van der Waals surface area contributed by atoms with Gasteiger partial charge in [0.1, 0.15) is 7.14 Å². The van der Waals surface area contributed by atoms with E-state index < -0.39 is 7.14 Å². The summed E-state index contributed by atoms with van der Waals surface area (Å²) in [6.45, 7) is 0. The average molecular weight is 417 g/mol. The van der Waals surface area contributed by atoms with E-state index in [9.17, 15) is 0 Å². The molecule has 2 aliphatic rings. The molecule has 3 aromatic carbocycles. The lowest BCUT2D eigenvalue weighted by molar-refractivity contribution is 0.453. The third kappa shape index (κ3) is 3.67. The van der Waals surface area contributed by atoms with E-state index in [0.717, 1.165) is 25.7 Å². The zero-order valence-corrected chi connectivity index (χ0v) is 18.8. The zero-order valence-electron chi connectivity index (χ0n) is 17.9. The van der Waals surface area contributed by atoms with E-state index in [1.807, 2.05) is 0 Å². The molecule has 0 bridgehead atoms. The highest BCUT2D eigenvalue weighted by Gasteiger charge is 2.43. The minimum absolute atomic E-state index is 0.385. The summed E-state index contributed by atoms with van der Waals surface area (Å²) in [5, 5.41) is 3.70.